The monoisotopic (exact) mass is 869 g/mol. The van der Waals surface area contributed by atoms with Gasteiger partial charge in [0.15, 0.2) is 5.78 Å². The van der Waals surface area contributed by atoms with Crippen LogP contribution in [0.3, 0.4) is 0 Å². The second kappa shape index (κ2) is 17.1. The predicted molar refractivity (Wildman–Crippen MR) is 210 cm³/mol. The minimum Gasteiger partial charge on any atom is -0.444 e. The van der Waals surface area contributed by atoms with E-state index in [9.17, 15) is 46.4 Å². The number of rotatable bonds is 6. The number of hydroxylamine groups is 2. The summed E-state index contributed by atoms with van der Waals surface area (Å²) in [5.41, 5.74) is 6.18. The first kappa shape index (κ1) is 42.8. The van der Waals surface area contributed by atoms with Crippen molar-refractivity contribution in [1.82, 2.24) is 19.6 Å². The number of carbonyl (C=O) groups excluding carboxylic acids is 7. The molecular weight excluding hydrogens is 818 g/mol. The Balaban J connectivity index is 0.000000250. The van der Waals surface area contributed by atoms with Gasteiger partial charge in [0.2, 0.25) is 21.8 Å². The lowest BCUT2D eigenvalue weighted by Gasteiger charge is -2.27. The number of ether oxygens (including phenoxy) is 2. The molecule has 0 bridgehead atoms. The molecule has 1 aromatic rings. The van der Waals surface area contributed by atoms with Gasteiger partial charge in [0, 0.05) is 37.8 Å². The third-order valence-electron chi connectivity index (χ3n) is 13.3. The van der Waals surface area contributed by atoms with Crippen molar-refractivity contribution in [2.45, 2.75) is 139 Å². The highest BCUT2D eigenvalue weighted by molar-refractivity contribution is 7.90. The van der Waals surface area contributed by atoms with Crippen LogP contribution >= 0.6 is 0 Å². The first-order chi connectivity index (χ1) is 29.1. The molecule has 19 heteroatoms. The fourth-order valence-corrected chi connectivity index (χ4v) is 10.8. The predicted octanol–water partition coefficient (Wildman–Crippen LogP) is 3.67. The summed E-state index contributed by atoms with van der Waals surface area (Å²) in [5.74, 6) is -1.78. The van der Waals surface area contributed by atoms with E-state index in [0.717, 1.165) is 38.5 Å². The summed E-state index contributed by atoms with van der Waals surface area (Å²) in [6, 6.07) is 2.84. The van der Waals surface area contributed by atoms with E-state index in [4.69, 9.17) is 15.2 Å². The molecule has 0 aromatic heterocycles. The second-order valence-corrected chi connectivity index (χ2v) is 19.8. The maximum absolute atomic E-state index is 14.2. The highest BCUT2D eigenvalue weighted by Crippen LogP contribution is 2.57. The number of hydrogen-bond donors (Lipinski definition) is 2. The van der Waals surface area contributed by atoms with Crippen LogP contribution in [0.5, 0.6) is 0 Å². The van der Waals surface area contributed by atoms with Crippen molar-refractivity contribution in [2.24, 2.45) is 28.9 Å². The Labute approximate surface area is 352 Å². The van der Waals surface area contributed by atoms with Gasteiger partial charge in [-0.1, -0.05) is 42.2 Å². The van der Waals surface area contributed by atoms with Gasteiger partial charge in [-0.05, 0) is 87.2 Å². The van der Waals surface area contributed by atoms with Crippen LogP contribution < -0.4 is 10.5 Å². The number of sulfonamides is 1. The molecule has 8 atom stereocenters. The molecule has 4 saturated carbocycles. The van der Waals surface area contributed by atoms with Crippen LogP contribution in [0.15, 0.2) is 30.4 Å². The van der Waals surface area contributed by atoms with Gasteiger partial charge in [0.25, 0.3) is 11.8 Å². The maximum atomic E-state index is 14.2. The molecule has 1 aromatic carbocycles. The summed E-state index contributed by atoms with van der Waals surface area (Å²) in [7, 11) is -3.82. The van der Waals surface area contributed by atoms with Crippen LogP contribution in [0.25, 0.3) is 0 Å². The first-order valence-electron chi connectivity index (χ1n) is 21.4. The third kappa shape index (κ3) is 9.46. The van der Waals surface area contributed by atoms with Gasteiger partial charge in [-0.25, -0.2) is 22.4 Å². The van der Waals surface area contributed by atoms with Gasteiger partial charge in [-0.15, -0.1) is 0 Å². The molecule has 330 valence electrons. The number of fused-ring (bicyclic) bond motifs is 4. The third-order valence-corrected chi connectivity index (χ3v) is 15.2. The summed E-state index contributed by atoms with van der Waals surface area (Å²) in [6.45, 7) is 0.201. The summed E-state index contributed by atoms with van der Waals surface area (Å²) >= 11 is 0. The largest absolute Gasteiger partial charge is 0.534 e. The highest BCUT2D eigenvalue weighted by atomic mass is 32.2. The van der Waals surface area contributed by atoms with E-state index in [0.29, 0.717) is 53.7 Å². The highest BCUT2D eigenvalue weighted by Gasteiger charge is 2.61. The standard InChI is InChI=1S/C31H39FN4O7S.C11H13NO5/c32-24-9-6-7-19-16-35(18-23(19)24)30(40)43-21-13-26-27(37)15-31(29(39)34-44(41,42)22-11-12-22)14-20(31)8-4-2-1-3-5-10-25(33)28(38)36(26)17-21;13-9-1-2-10(14)12(9)17-11(15)16-8-4-6-3-7(6)5-8/h4,6-9,20-22,25-26H,1-3,5,10-18,33H2,(H,34,39);6-8H,1-5H2/b8-4-;/t20-,21-,25+,26+,31-;6-,7+,8?/m1./s1. The Bertz CT molecular complexity index is 2100. The lowest BCUT2D eigenvalue weighted by atomic mass is 9.91. The number of amides is 5. The summed E-state index contributed by atoms with van der Waals surface area (Å²) in [6.07, 6.45) is 9.26. The number of halogens is 1. The van der Waals surface area contributed by atoms with E-state index >= 15 is 0 Å². The molecule has 2 saturated heterocycles. The molecule has 4 heterocycles. The van der Waals surface area contributed by atoms with Crippen molar-refractivity contribution in [3.8, 4) is 0 Å². The van der Waals surface area contributed by atoms with E-state index in [2.05, 4.69) is 9.56 Å². The number of allylic oxidation sites excluding steroid dienone is 2. The number of imide groups is 1. The fourth-order valence-electron chi connectivity index (χ4n) is 9.46. The van der Waals surface area contributed by atoms with E-state index in [1.807, 2.05) is 12.2 Å². The lowest BCUT2D eigenvalue weighted by Crippen LogP contribution is -2.49. The lowest BCUT2D eigenvalue weighted by molar-refractivity contribution is -0.178. The Kier molecular flexibility index (Phi) is 12.0. The fraction of sp³-hybridized carbons (Fsp3) is 0.643. The molecule has 8 aliphatic rings. The van der Waals surface area contributed by atoms with E-state index < -0.39 is 86.4 Å². The smallest absolute Gasteiger partial charge is 0.444 e. The Morgan fingerprint density at radius 1 is 0.885 bits per heavy atom. The van der Waals surface area contributed by atoms with Crippen molar-refractivity contribution < 1.29 is 60.7 Å². The summed E-state index contributed by atoms with van der Waals surface area (Å²) in [5, 5.41) is -0.0776. The molecule has 1 unspecified atom stereocenters. The van der Waals surface area contributed by atoms with Crippen LogP contribution in [0.1, 0.15) is 107 Å². The molecule has 61 heavy (non-hydrogen) atoms. The van der Waals surface area contributed by atoms with Crippen LogP contribution in [0.2, 0.25) is 0 Å². The molecule has 9 rings (SSSR count). The number of ketones is 1. The quantitative estimate of drug-likeness (QED) is 0.237. The van der Waals surface area contributed by atoms with E-state index in [-0.39, 0.29) is 57.3 Å². The van der Waals surface area contributed by atoms with Crippen molar-refractivity contribution >= 4 is 51.7 Å². The minimum atomic E-state index is -3.82. The summed E-state index contributed by atoms with van der Waals surface area (Å²) < 4.78 is 52.5. The van der Waals surface area contributed by atoms with Crippen molar-refractivity contribution in [1.29, 1.82) is 0 Å². The normalized spacial score (nSPS) is 32.6. The average molecular weight is 870 g/mol. The first-order valence-corrected chi connectivity index (χ1v) is 22.9. The van der Waals surface area contributed by atoms with Gasteiger partial charge in [-0.2, -0.15) is 0 Å². The van der Waals surface area contributed by atoms with E-state index in [1.54, 1.807) is 12.1 Å². The van der Waals surface area contributed by atoms with Gasteiger partial charge in [-0.3, -0.25) is 38.4 Å². The number of hydrogen-bond acceptors (Lipinski definition) is 13. The van der Waals surface area contributed by atoms with E-state index in [1.165, 1.54) is 22.3 Å². The van der Waals surface area contributed by atoms with Crippen molar-refractivity contribution in [2.75, 3.05) is 6.54 Å². The molecule has 17 nitrogen and oxygen atoms in total. The molecule has 4 aliphatic carbocycles. The number of nitrogens with one attached hydrogen (secondary N) is 1. The Morgan fingerprint density at radius 3 is 2.33 bits per heavy atom. The summed E-state index contributed by atoms with van der Waals surface area (Å²) in [4.78, 5) is 95.2. The van der Waals surface area contributed by atoms with Gasteiger partial charge >= 0.3 is 12.2 Å². The number of carbonyl (C=O) groups is 7. The van der Waals surface area contributed by atoms with Gasteiger partial charge in [0.1, 0.15) is 18.0 Å². The van der Waals surface area contributed by atoms with Crippen LogP contribution in [-0.4, -0.2) is 101 Å². The molecule has 6 fully saturated rings. The molecule has 3 N–H and O–H groups in total. The molecule has 5 amide bonds. The number of Topliss-reactive ketones (excluding diaryl/α,β-unsaturated/α-hetero) is 1. The Hall–Kier alpha value is -4.91. The van der Waals surface area contributed by atoms with Gasteiger partial charge in [0.05, 0.1) is 35.8 Å². The number of nitrogens with zero attached hydrogens (tertiary/aromatic N) is 3. The number of benzene rings is 1. The zero-order chi connectivity index (χ0) is 43.2. The minimum absolute atomic E-state index is 0.0246. The number of nitrogens with two attached hydrogens (primary N) is 1. The Morgan fingerprint density at radius 2 is 1.62 bits per heavy atom. The van der Waals surface area contributed by atoms with Crippen molar-refractivity contribution in [3.63, 3.8) is 0 Å². The topological polar surface area (TPSA) is 229 Å². The van der Waals surface area contributed by atoms with Crippen LogP contribution in [0, 0.1) is 29.0 Å². The SMILES string of the molecule is N[C@H]1CCCCC/C=C\[C@@H]2C[C@@]2(C(=O)NS(=O)(=O)C2CC2)CC(=O)[C@@H]2C[C@@H](OC(=O)N3Cc4cccc(F)c4C3)CN2C1=O.O=C(OC1C[C@@H]2C[C@@H]2C1)ON1C(=O)CCC1=O. The van der Waals surface area contributed by atoms with Crippen molar-refractivity contribution in [3.05, 3.63) is 47.3 Å². The van der Waals surface area contributed by atoms with Gasteiger partial charge < -0.3 is 20.1 Å². The second-order valence-electron chi connectivity index (χ2n) is 17.8. The zero-order valence-corrected chi connectivity index (χ0v) is 34.7. The molecule has 0 spiro atoms. The average Bonchev–Trinajstić information content (AvgIpc) is 4.16. The maximum Gasteiger partial charge on any atom is 0.534 e. The molecule has 0 radical (unpaired) electrons. The zero-order valence-electron chi connectivity index (χ0n) is 33.8. The molecular formula is C42H52FN5O12S. The van der Waals surface area contributed by atoms with Crippen LogP contribution in [-0.2, 0) is 61.4 Å². The molecule has 4 aliphatic heterocycles. The van der Waals surface area contributed by atoms with Crippen LogP contribution in [0.4, 0.5) is 14.0 Å².